The quantitative estimate of drug-likeness (QED) is 0.838. The molecule has 2 aliphatic heterocycles. The monoisotopic (exact) mass is 332 g/mol. The van der Waals surface area contributed by atoms with Crippen molar-refractivity contribution in [3.8, 4) is 0 Å². The van der Waals surface area contributed by atoms with Gasteiger partial charge in [0, 0.05) is 44.1 Å². The summed E-state index contributed by atoms with van der Waals surface area (Å²) in [6, 6.07) is 3.49. The second-order valence-electron chi connectivity index (χ2n) is 6.59. The lowest BCUT2D eigenvalue weighted by atomic mass is 10.1. The van der Waals surface area contributed by atoms with Gasteiger partial charge in [-0.15, -0.1) is 0 Å². The van der Waals surface area contributed by atoms with Gasteiger partial charge in [-0.3, -0.25) is 9.78 Å². The molecule has 0 aromatic carbocycles. The van der Waals surface area contributed by atoms with E-state index in [1.807, 2.05) is 13.0 Å². The fourth-order valence-corrected chi connectivity index (χ4v) is 3.17. The summed E-state index contributed by atoms with van der Waals surface area (Å²) in [5.74, 6) is -0.0413. The third kappa shape index (κ3) is 3.84. The number of amides is 3. The molecule has 0 radical (unpaired) electrons. The molecule has 24 heavy (non-hydrogen) atoms. The van der Waals surface area contributed by atoms with Crippen LogP contribution >= 0.6 is 0 Å². The number of hydrogen-bond acceptors (Lipinski definition) is 4. The van der Waals surface area contributed by atoms with Crippen molar-refractivity contribution in [3.63, 3.8) is 0 Å². The van der Waals surface area contributed by atoms with Gasteiger partial charge in [-0.1, -0.05) is 0 Å². The predicted molar refractivity (Wildman–Crippen MR) is 88.6 cm³/mol. The molecule has 2 N–H and O–H groups in total. The van der Waals surface area contributed by atoms with Gasteiger partial charge in [0.05, 0.1) is 11.7 Å². The van der Waals surface area contributed by atoms with Gasteiger partial charge in [-0.05, 0) is 38.3 Å². The lowest BCUT2D eigenvalue weighted by molar-refractivity contribution is 0.0784. The third-order valence-corrected chi connectivity index (χ3v) is 4.71. The zero-order valence-corrected chi connectivity index (χ0v) is 13.9. The number of aromatic nitrogens is 1. The molecule has 3 amide bonds. The fourth-order valence-electron chi connectivity index (χ4n) is 3.17. The molecule has 1 aromatic heterocycles. The van der Waals surface area contributed by atoms with E-state index < -0.39 is 0 Å². The van der Waals surface area contributed by atoms with Crippen LogP contribution in [-0.2, 0) is 0 Å². The van der Waals surface area contributed by atoms with Crippen LogP contribution in [0.4, 0.5) is 4.79 Å². The lowest BCUT2D eigenvalue weighted by Gasteiger charge is -2.30. The molecule has 0 aliphatic carbocycles. The maximum atomic E-state index is 12.5. The molecule has 1 unspecified atom stereocenters. The van der Waals surface area contributed by atoms with E-state index in [1.54, 1.807) is 22.1 Å². The Morgan fingerprint density at radius 2 is 1.88 bits per heavy atom. The highest BCUT2D eigenvalue weighted by Gasteiger charge is 2.30. The summed E-state index contributed by atoms with van der Waals surface area (Å²) in [5, 5.41) is 12.5. The van der Waals surface area contributed by atoms with Gasteiger partial charge in [-0.25, -0.2) is 4.79 Å². The van der Waals surface area contributed by atoms with Crippen molar-refractivity contribution in [1.29, 1.82) is 0 Å². The molecule has 2 fully saturated rings. The largest absolute Gasteiger partial charge is 0.393 e. The van der Waals surface area contributed by atoms with E-state index in [2.05, 4.69) is 10.3 Å². The molecule has 2 saturated heterocycles. The van der Waals surface area contributed by atoms with Crippen molar-refractivity contribution >= 4 is 11.9 Å². The standard InChI is InChI=1S/C17H24N4O3/c1-12-2-3-13(10-18-12)16(23)21-7-4-14(11-21)19-17(24)20-8-5-15(22)6-9-20/h2-3,10,14-15,22H,4-9,11H2,1H3,(H,19,24). The molecule has 130 valence electrons. The highest BCUT2D eigenvalue weighted by molar-refractivity contribution is 5.94. The number of aliphatic hydroxyl groups excluding tert-OH is 1. The number of carbonyl (C=O) groups is 2. The van der Waals surface area contributed by atoms with Crippen LogP contribution in [0.1, 0.15) is 35.3 Å². The highest BCUT2D eigenvalue weighted by atomic mass is 16.3. The molecule has 0 bridgehead atoms. The van der Waals surface area contributed by atoms with Crippen LogP contribution in [0.15, 0.2) is 18.3 Å². The normalized spacial score (nSPS) is 21.8. The van der Waals surface area contributed by atoms with Crippen LogP contribution in [0.5, 0.6) is 0 Å². The van der Waals surface area contributed by atoms with Crippen molar-refractivity contribution in [2.75, 3.05) is 26.2 Å². The summed E-state index contributed by atoms with van der Waals surface area (Å²) < 4.78 is 0. The summed E-state index contributed by atoms with van der Waals surface area (Å²) in [6.07, 6.45) is 3.32. The molecular weight excluding hydrogens is 308 g/mol. The summed E-state index contributed by atoms with van der Waals surface area (Å²) in [4.78, 5) is 32.4. The van der Waals surface area contributed by atoms with Crippen molar-refractivity contribution in [2.45, 2.75) is 38.3 Å². The Hall–Kier alpha value is -2.15. The number of urea groups is 1. The highest BCUT2D eigenvalue weighted by Crippen LogP contribution is 2.15. The smallest absolute Gasteiger partial charge is 0.317 e. The summed E-state index contributed by atoms with van der Waals surface area (Å²) in [6.45, 7) is 4.20. The average molecular weight is 332 g/mol. The average Bonchev–Trinajstić information content (AvgIpc) is 3.04. The fraction of sp³-hybridized carbons (Fsp3) is 0.588. The Kier molecular flexibility index (Phi) is 4.99. The van der Waals surface area contributed by atoms with Crippen LogP contribution in [0.3, 0.4) is 0 Å². The van der Waals surface area contributed by atoms with Crippen LogP contribution in [-0.4, -0.2) is 70.2 Å². The molecule has 1 atom stereocenters. The minimum absolute atomic E-state index is 0.0216. The first-order valence-corrected chi connectivity index (χ1v) is 8.48. The maximum absolute atomic E-state index is 12.5. The molecule has 3 heterocycles. The van der Waals surface area contributed by atoms with Crippen LogP contribution in [0.2, 0.25) is 0 Å². The number of piperidine rings is 1. The summed E-state index contributed by atoms with van der Waals surface area (Å²) >= 11 is 0. The van der Waals surface area contributed by atoms with E-state index in [9.17, 15) is 14.7 Å². The molecule has 2 aliphatic rings. The van der Waals surface area contributed by atoms with Gasteiger partial charge in [-0.2, -0.15) is 0 Å². The van der Waals surface area contributed by atoms with Gasteiger partial charge in [0.1, 0.15) is 0 Å². The molecular formula is C17H24N4O3. The Bertz CT molecular complexity index is 596. The molecule has 0 spiro atoms. The number of likely N-dealkylation sites (tertiary alicyclic amines) is 2. The lowest BCUT2D eigenvalue weighted by Crippen LogP contribution is -2.49. The van der Waals surface area contributed by atoms with Crippen molar-refractivity contribution in [3.05, 3.63) is 29.6 Å². The van der Waals surface area contributed by atoms with E-state index in [0.29, 0.717) is 44.6 Å². The van der Waals surface area contributed by atoms with Gasteiger partial charge in [0.2, 0.25) is 0 Å². The number of pyridine rings is 1. The maximum Gasteiger partial charge on any atom is 0.317 e. The van der Waals surface area contributed by atoms with Gasteiger partial charge >= 0.3 is 6.03 Å². The Labute approximate surface area is 141 Å². The van der Waals surface area contributed by atoms with E-state index in [-0.39, 0.29) is 24.1 Å². The van der Waals surface area contributed by atoms with E-state index in [0.717, 1.165) is 12.1 Å². The first-order valence-electron chi connectivity index (χ1n) is 8.48. The number of rotatable bonds is 2. The summed E-state index contributed by atoms with van der Waals surface area (Å²) in [5.41, 5.74) is 1.46. The zero-order valence-electron chi connectivity index (χ0n) is 13.9. The third-order valence-electron chi connectivity index (χ3n) is 4.71. The number of nitrogens with one attached hydrogen (secondary N) is 1. The van der Waals surface area contributed by atoms with Gasteiger partial charge < -0.3 is 20.2 Å². The van der Waals surface area contributed by atoms with Gasteiger partial charge in [0.25, 0.3) is 5.91 Å². The molecule has 7 heteroatoms. The molecule has 7 nitrogen and oxygen atoms in total. The molecule has 3 rings (SSSR count). The molecule has 0 saturated carbocycles. The topological polar surface area (TPSA) is 85.8 Å². The number of carbonyl (C=O) groups excluding carboxylic acids is 2. The second kappa shape index (κ2) is 7.17. The van der Waals surface area contributed by atoms with Crippen LogP contribution in [0, 0.1) is 6.92 Å². The first kappa shape index (κ1) is 16.7. The zero-order chi connectivity index (χ0) is 17.1. The van der Waals surface area contributed by atoms with Gasteiger partial charge in [0.15, 0.2) is 0 Å². The first-order chi connectivity index (χ1) is 11.5. The Morgan fingerprint density at radius 1 is 1.17 bits per heavy atom. The van der Waals surface area contributed by atoms with Crippen molar-refractivity contribution in [1.82, 2.24) is 20.1 Å². The Balaban J connectivity index is 1.51. The minimum Gasteiger partial charge on any atom is -0.393 e. The van der Waals surface area contributed by atoms with E-state index >= 15 is 0 Å². The summed E-state index contributed by atoms with van der Waals surface area (Å²) in [7, 11) is 0. The molecule has 1 aromatic rings. The minimum atomic E-state index is -0.295. The SMILES string of the molecule is Cc1ccc(C(=O)N2CCC(NC(=O)N3CCC(O)CC3)C2)cn1. The number of hydrogen-bond donors (Lipinski definition) is 2. The van der Waals surface area contributed by atoms with E-state index in [1.165, 1.54) is 0 Å². The number of nitrogens with zero attached hydrogens (tertiary/aromatic N) is 3. The number of aliphatic hydroxyl groups is 1. The van der Waals surface area contributed by atoms with Crippen molar-refractivity contribution in [2.24, 2.45) is 0 Å². The number of aryl methyl sites for hydroxylation is 1. The van der Waals surface area contributed by atoms with E-state index in [4.69, 9.17) is 0 Å². The Morgan fingerprint density at radius 3 is 2.54 bits per heavy atom. The van der Waals surface area contributed by atoms with Crippen LogP contribution < -0.4 is 5.32 Å². The predicted octanol–water partition coefficient (Wildman–Crippen LogP) is 0.771. The van der Waals surface area contributed by atoms with Crippen molar-refractivity contribution < 1.29 is 14.7 Å². The van der Waals surface area contributed by atoms with Crippen LogP contribution in [0.25, 0.3) is 0 Å². The second-order valence-corrected chi connectivity index (χ2v) is 6.59.